The second kappa shape index (κ2) is 5.90. The fourth-order valence-corrected chi connectivity index (χ4v) is 1.91. The van der Waals surface area contributed by atoms with Gasteiger partial charge in [-0.05, 0) is 32.9 Å². The molecule has 0 aromatic heterocycles. The van der Waals surface area contributed by atoms with Crippen LogP contribution in [0.25, 0.3) is 0 Å². The summed E-state index contributed by atoms with van der Waals surface area (Å²) < 4.78 is 0. The molecule has 0 fully saturated rings. The minimum atomic E-state index is 0.443. The smallest absolute Gasteiger partial charge is 0.122 e. The molecular weight excluding hydrogens is 198 g/mol. The number of rotatable bonds is 5. The number of nitrogens with zero attached hydrogens (tertiary/aromatic N) is 1. The Balaban J connectivity index is 2.69. The van der Waals surface area contributed by atoms with Gasteiger partial charge in [0.2, 0.25) is 0 Å². The number of phenolic OH excluding ortho intramolecular Hbond substituents is 1. The molecule has 1 aromatic carbocycles. The summed E-state index contributed by atoms with van der Waals surface area (Å²) in [5, 5.41) is 9.93. The van der Waals surface area contributed by atoms with Crippen molar-refractivity contribution in [1.82, 2.24) is 4.90 Å². The highest BCUT2D eigenvalue weighted by molar-refractivity contribution is 5.39. The molecular formula is C14H23NO. The van der Waals surface area contributed by atoms with Crippen LogP contribution < -0.4 is 0 Å². The van der Waals surface area contributed by atoms with E-state index in [9.17, 15) is 5.11 Å². The first kappa shape index (κ1) is 13.0. The van der Waals surface area contributed by atoms with Gasteiger partial charge in [0.25, 0.3) is 0 Å². The summed E-state index contributed by atoms with van der Waals surface area (Å²) in [6.45, 7) is 7.19. The lowest BCUT2D eigenvalue weighted by Gasteiger charge is -2.24. The van der Waals surface area contributed by atoms with Crippen LogP contribution in [-0.2, 0) is 6.54 Å². The van der Waals surface area contributed by atoms with E-state index >= 15 is 0 Å². The number of benzene rings is 1. The minimum Gasteiger partial charge on any atom is -0.507 e. The molecule has 1 unspecified atom stereocenters. The van der Waals surface area contributed by atoms with Gasteiger partial charge in [0, 0.05) is 18.2 Å². The third kappa shape index (κ3) is 3.24. The second-order valence-electron chi connectivity index (χ2n) is 4.64. The number of aryl methyl sites for hydroxylation is 1. The first-order chi connectivity index (χ1) is 7.56. The normalized spacial score (nSPS) is 13.1. The summed E-state index contributed by atoms with van der Waals surface area (Å²) in [4.78, 5) is 2.29. The van der Waals surface area contributed by atoms with E-state index < -0.39 is 0 Å². The molecule has 0 bridgehead atoms. The summed E-state index contributed by atoms with van der Waals surface area (Å²) in [6, 6.07) is 6.50. The van der Waals surface area contributed by atoms with Gasteiger partial charge >= 0.3 is 0 Å². The molecule has 0 radical (unpaired) electrons. The SMILES string of the molecule is CCCC(C)N(C)Cc1cccc(C)c1O. The molecule has 2 nitrogen and oxygen atoms in total. The Kier molecular flexibility index (Phi) is 4.81. The Morgan fingerprint density at radius 3 is 2.69 bits per heavy atom. The van der Waals surface area contributed by atoms with E-state index in [0.29, 0.717) is 11.8 Å². The molecule has 1 aromatic rings. The third-order valence-corrected chi connectivity index (χ3v) is 3.20. The molecule has 2 heteroatoms. The molecule has 1 atom stereocenters. The van der Waals surface area contributed by atoms with Gasteiger partial charge in [-0.15, -0.1) is 0 Å². The van der Waals surface area contributed by atoms with Crippen LogP contribution in [0.15, 0.2) is 18.2 Å². The monoisotopic (exact) mass is 221 g/mol. The van der Waals surface area contributed by atoms with Crippen molar-refractivity contribution in [2.24, 2.45) is 0 Å². The largest absolute Gasteiger partial charge is 0.507 e. The predicted octanol–water partition coefficient (Wildman–Crippen LogP) is 3.32. The van der Waals surface area contributed by atoms with Crippen LogP contribution in [0.3, 0.4) is 0 Å². The lowest BCUT2D eigenvalue weighted by atomic mass is 10.1. The zero-order valence-electron chi connectivity index (χ0n) is 10.8. The number of para-hydroxylation sites is 1. The molecule has 0 spiro atoms. The number of phenols is 1. The Morgan fingerprint density at radius 2 is 2.06 bits per heavy atom. The highest BCUT2D eigenvalue weighted by Gasteiger charge is 2.11. The number of hydrogen-bond donors (Lipinski definition) is 1. The summed E-state index contributed by atoms with van der Waals surface area (Å²) in [5.41, 5.74) is 1.97. The van der Waals surface area contributed by atoms with Crippen molar-refractivity contribution in [3.8, 4) is 5.75 Å². The van der Waals surface area contributed by atoms with E-state index in [2.05, 4.69) is 25.8 Å². The summed E-state index contributed by atoms with van der Waals surface area (Å²) in [7, 11) is 2.11. The Bertz CT molecular complexity index is 336. The fourth-order valence-electron chi connectivity index (χ4n) is 1.91. The van der Waals surface area contributed by atoms with E-state index in [1.54, 1.807) is 0 Å². The maximum atomic E-state index is 9.93. The number of aromatic hydroxyl groups is 1. The highest BCUT2D eigenvalue weighted by Crippen LogP contribution is 2.23. The first-order valence-electron chi connectivity index (χ1n) is 6.04. The topological polar surface area (TPSA) is 23.5 Å². The fraction of sp³-hybridized carbons (Fsp3) is 0.571. The van der Waals surface area contributed by atoms with Crippen molar-refractivity contribution >= 4 is 0 Å². The van der Waals surface area contributed by atoms with Crippen LogP contribution in [0.5, 0.6) is 5.75 Å². The zero-order valence-corrected chi connectivity index (χ0v) is 10.8. The molecule has 1 N–H and O–H groups in total. The Labute approximate surface area is 98.9 Å². The van der Waals surface area contributed by atoms with Gasteiger partial charge in [-0.1, -0.05) is 31.5 Å². The zero-order chi connectivity index (χ0) is 12.1. The summed E-state index contributed by atoms with van der Waals surface area (Å²) >= 11 is 0. The first-order valence-corrected chi connectivity index (χ1v) is 6.04. The molecule has 0 amide bonds. The summed E-state index contributed by atoms with van der Waals surface area (Å²) in [5.74, 6) is 0.443. The second-order valence-corrected chi connectivity index (χ2v) is 4.64. The van der Waals surface area contributed by atoms with E-state index in [1.165, 1.54) is 12.8 Å². The van der Waals surface area contributed by atoms with Crippen molar-refractivity contribution in [3.05, 3.63) is 29.3 Å². The molecule has 1 rings (SSSR count). The minimum absolute atomic E-state index is 0.443. The Morgan fingerprint density at radius 1 is 1.38 bits per heavy atom. The quantitative estimate of drug-likeness (QED) is 0.824. The molecule has 0 saturated carbocycles. The lowest BCUT2D eigenvalue weighted by molar-refractivity contribution is 0.234. The van der Waals surface area contributed by atoms with Gasteiger partial charge in [0.05, 0.1) is 0 Å². The Hall–Kier alpha value is -1.02. The molecule has 90 valence electrons. The predicted molar refractivity (Wildman–Crippen MR) is 68.7 cm³/mol. The maximum Gasteiger partial charge on any atom is 0.122 e. The van der Waals surface area contributed by atoms with Crippen LogP contribution in [0.1, 0.15) is 37.8 Å². The van der Waals surface area contributed by atoms with Crippen LogP contribution >= 0.6 is 0 Å². The average molecular weight is 221 g/mol. The standard InChI is InChI=1S/C14H23NO/c1-5-7-12(3)15(4)10-13-9-6-8-11(2)14(13)16/h6,8-9,12,16H,5,7,10H2,1-4H3. The van der Waals surface area contributed by atoms with Crippen LogP contribution in [0.4, 0.5) is 0 Å². The molecule has 0 saturated heterocycles. The van der Waals surface area contributed by atoms with E-state index in [4.69, 9.17) is 0 Å². The molecule has 16 heavy (non-hydrogen) atoms. The van der Waals surface area contributed by atoms with Crippen LogP contribution in [-0.4, -0.2) is 23.1 Å². The van der Waals surface area contributed by atoms with E-state index in [0.717, 1.165) is 17.7 Å². The van der Waals surface area contributed by atoms with E-state index in [1.807, 2.05) is 25.1 Å². The van der Waals surface area contributed by atoms with E-state index in [-0.39, 0.29) is 0 Å². The maximum absolute atomic E-state index is 9.93. The molecule has 0 aliphatic heterocycles. The van der Waals surface area contributed by atoms with Gasteiger partial charge in [-0.25, -0.2) is 0 Å². The number of hydrogen-bond acceptors (Lipinski definition) is 2. The van der Waals surface area contributed by atoms with Gasteiger partial charge in [0.1, 0.15) is 5.75 Å². The van der Waals surface area contributed by atoms with Gasteiger partial charge in [0.15, 0.2) is 0 Å². The summed E-state index contributed by atoms with van der Waals surface area (Å²) in [6.07, 6.45) is 2.40. The van der Waals surface area contributed by atoms with Crippen molar-refractivity contribution in [1.29, 1.82) is 0 Å². The van der Waals surface area contributed by atoms with Crippen LogP contribution in [0.2, 0.25) is 0 Å². The van der Waals surface area contributed by atoms with Crippen molar-refractivity contribution in [2.75, 3.05) is 7.05 Å². The van der Waals surface area contributed by atoms with Gasteiger partial charge in [-0.3, -0.25) is 4.90 Å². The molecule has 0 aliphatic rings. The molecule has 0 aliphatic carbocycles. The highest BCUT2D eigenvalue weighted by atomic mass is 16.3. The van der Waals surface area contributed by atoms with Crippen molar-refractivity contribution in [2.45, 2.75) is 46.2 Å². The lowest BCUT2D eigenvalue weighted by Crippen LogP contribution is -2.28. The van der Waals surface area contributed by atoms with Crippen molar-refractivity contribution < 1.29 is 5.11 Å². The van der Waals surface area contributed by atoms with Crippen LogP contribution in [0, 0.1) is 6.92 Å². The molecule has 0 heterocycles. The van der Waals surface area contributed by atoms with Crippen molar-refractivity contribution in [3.63, 3.8) is 0 Å². The third-order valence-electron chi connectivity index (χ3n) is 3.20. The average Bonchev–Trinajstić information content (AvgIpc) is 2.25. The van der Waals surface area contributed by atoms with Gasteiger partial charge in [-0.2, -0.15) is 0 Å². The van der Waals surface area contributed by atoms with Gasteiger partial charge < -0.3 is 5.11 Å².